The molecule has 0 aliphatic carbocycles. The van der Waals surface area contributed by atoms with Gasteiger partial charge >= 0.3 is 0 Å². The normalized spacial score (nSPS) is 13.1. The lowest BCUT2D eigenvalue weighted by atomic mass is 9.82. The van der Waals surface area contributed by atoms with Crippen LogP contribution in [0.2, 0.25) is 0 Å². The Hall–Kier alpha value is -2.66. The molecular formula is C22H28N2O3. The molecule has 144 valence electrons. The second-order valence-electron chi connectivity index (χ2n) is 7.29. The van der Waals surface area contributed by atoms with Gasteiger partial charge in [-0.2, -0.15) is 0 Å². The minimum atomic E-state index is -1.70. The van der Waals surface area contributed by atoms with Crippen LogP contribution in [0.15, 0.2) is 42.5 Å². The van der Waals surface area contributed by atoms with E-state index in [0.717, 1.165) is 22.4 Å². The van der Waals surface area contributed by atoms with E-state index in [1.807, 2.05) is 39.0 Å². The molecular weight excluding hydrogens is 340 g/mol. The largest absolute Gasteiger partial charge is 0.375 e. The number of aryl methyl sites for hydroxylation is 3. The smallest absolute Gasteiger partial charge is 0.257 e. The lowest BCUT2D eigenvalue weighted by molar-refractivity contribution is -0.146. The van der Waals surface area contributed by atoms with Gasteiger partial charge < -0.3 is 15.7 Å². The Bertz CT molecular complexity index is 808. The second kappa shape index (κ2) is 8.35. The fraction of sp³-hybridized carbons (Fsp3) is 0.364. The highest BCUT2D eigenvalue weighted by Gasteiger charge is 2.41. The SMILES string of the molecule is Cc1cc(C)c(NC(=O)CNC(=O)C(O)(c2ccccc2)C(C)C)c(C)c1. The van der Waals surface area contributed by atoms with Crippen LogP contribution in [-0.4, -0.2) is 23.5 Å². The number of hydrogen-bond acceptors (Lipinski definition) is 3. The maximum Gasteiger partial charge on any atom is 0.257 e. The highest BCUT2D eigenvalue weighted by Crippen LogP contribution is 2.29. The van der Waals surface area contributed by atoms with Crippen LogP contribution in [0.25, 0.3) is 0 Å². The summed E-state index contributed by atoms with van der Waals surface area (Å²) >= 11 is 0. The Morgan fingerprint density at radius 1 is 1.04 bits per heavy atom. The van der Waals surface area contributed by atoms with E-state index in [-0.39, 0.29) is 18.4 Å². The third-order valence-corrected chi connectivity index (χ3v) is 4.75. The standard InChI is InChI=1S/C22H28N2O3/c1-14(2)22(27,18-9-7-6-8-10-18)21(26)23-13-19(25)24-20-16(4)11-15(3)12-17(20)5/h6-12,14,27H,13H2,1-5H3,(H,23,26)(H,24,25). The molecule has 1 atom stereocenters. The molecule has 0 saturated heterocycles. The number of amides is 2. The highest BCUT2D eigenvalue weighted by molar-refractivity contribution is 5.97. The fourth-order valence-corrected chi connectivity index (χ4v) is 3.27. The molecule has 2 rings (SSSR count). The zero-order valence-electron chi connectivity index (χ0n) is 16.6. The lowest BCUT2D eigenvalue weighted by Crippen LogP contribution is -2.49. The quantitative estimate of drug-likeness (QED) is 0.733. The zero-order valence-corrected chi connectivity index (χ0v) is 16.6. The van der Waals surface area contributed by atoms with E-state index < -0.39 is 11.5 Å². The van der Waals surface area contributed by atoms with Crippen molar-refractivity contribution in [2.75, 3.05) is 11.9 Å². The number of aliphatic hydroxyl groups is 1. The summed E-state index contributed by atoms with van der Waals surface area (Å²) in [4.78, 5) is 25.0. The molecule has 0 aliphatic heterocycles. The minimum Gasteiger partial charge on any atom is -0.375 e. The number of nitrogens with one attached hydrogen (secondary N) is 2. The molecule has 2 amide bonds. The first kappa shape index (κ1) is 20.6. The summed E-state index contributed by atoms with van der Waals surface area (Å²) in [6.07, 6.45) is 0. The summed E-state index contributed by atoms with van der Waals surface area (Å²) in [5.41, 5.74) is 2.62. The third kappa shape index (κ3) is 4.55. The molecule has 0 aliphatic rings. The van der Waals surface area contributed by atoms with Crippen LogP contribution in [0.1, 0.15) is 36.1 Å². The maximum atomic E-state index is 12.7. The molecule has 0 spiro atoms. The van der Waals surface area contributed by atoms with Crippen molar-refractivity contribution in [1.29, 1.82) is 0 Å². The Balaban J connectivity index is 2.09. The van der Waals surface area contributed by atoms with E-state index in [4.69, 9.17) is 0 Å². The van der Waals surface area contributed by atoms with Gasteiger partial charge in [0.1, 0.15) is 0 Å². The van der Waals surface area contributed by atoms with Crippen LogP contribution in [0, 0.1) is 26.7 Å². The van der Waals surface area contributed by atoms with Crippen molar-refractivity contribution in [2.45, 2.75) is 40.2 Å². The van der Waals surface area contributed by atoms with Gasteiger partial charge in [0.25, 0.3) is 5.91 Å². The van der Waals surface area contributed by atoms with Gasteiger partial charge in [-0.05, 0) is 43.4 Å². The highest BCUT2D eigenvalue weighted by atomic mass is 16.3. The van der Waals surface area contributed by atoms with Crippen molar-refractivity contribution >= 4 is 17.5 Å². The van der Waals surface area contributed by atoms with E-state index in [2.05, 4.69) is 10.6 Å². The van der Waals surface area contributed by atoms with Crippen molar-refractivity contribution in [3.05, 3.63) is 64.7 Å². The molecule has 0 bridgehead atoms. The molecule has 27 heavy (non-hydrogen) atoms. The third-order valence-electron chi connectivity index (χ3n) is 4.75. The first-order chi connectivity index (χ1) is 12.7. The predicted octanol–water partition coefficient (Wildman–Crippen LogP) is 3.21. The molecule has 0 saturated carbocycles. The van der Waals surface area contributed by atoms with E-state index in [0.29, 0.717) is 5.56 Å². The minimum absolute atomic E-state index is 0.215. The molecule has 3 N–H and O–H groups in total. The Morgan fingerprint density at radius 3 is 2.11 bits per heavy atom. The van der Waals surface area contributed by atoms with Gasteiger partial charge in [0, 0.05) is 5.69 Å². The monoisotopic (exact) mass is 368 g/mol. The van der Waals surface area contributed by atoms with Crippen LogP contribution in [0.5, 0.6) is 0 Å². The first-order valence-electron chi connectivity index (χ1n) is 9.10. The Labute approximate surface area is 160 Å². The molecule has 0 heterocycles. The van der Waals surface area contributed by atoms with Crippen molar-refractivity contribution in [1.82, 2.24) is 5.32 Å². The Morgan fingerprint density at radius 2 is 1.59 bits per heavy atom. The van der Waals surface area contributed by atoms with Crippen LogP contribution >= 0.6 is 0 Å². The number of benzene rings is 2. The number of rotatable bonds is 6. The van der Waals surface area contributed by atoms with Crippen LogP contribution in [0.3, 0.4) is 0 Å². The summed E-state index contributed by atoms with van der Waals surface area (Å²) in [6.45, 7) is 9.19. The summed E-state index contributed by atoms with van der Waals surface area (Å²) in [5, 5.41) is 16.4. The Kier molecular flexibility index (Phi) is 6.39. The van der Waals surface area contributed by atoms with Crippen molar-refractivity contribution in [2.24, 2.45) is 5.92 Å². The molecule has 0 aromatic heterocycles. The number of carbonyl (C=O) groups excluding carboxylic acids is 2. The second-order valence-corrected chi connectivity index (χ2v) is 7.29. The van der Waals surface area contributed by atoms with Crippen LogP contribution in [0.4, 0.5) is 5.69 Å². The molecule has 5 heteroatoms. The van der Waals surface area contributed by atoms with Gasteiger partial charge in [0.2, 0.25) is 5.91 Å². The van der Waals surface area contributed by atoms with Gasteiger partial charge in [0.15, 0.2) is 5.60 Å². The van der Waals surface area contributed by atoms with Crippen molar-refractivity contribution in [3.8, 4) is 0 Å². The number of carbonyl (C=O) groups is 2. The first-order valence-corrected chi connectivity index (χ1v) is 9.10. The van der Waals surface area contributed by atoms with E-state index in [1.165, 1.54) is 0 Å². The number of hydrogen-bond donors (Lipinski definition) is 3. The number of anilines is 1. The fourth-order valence-electron chi connectivity index (χ4n) is 3.27. The summed E-state index contributed by atoms with van der Waals surface area (Å²) in [6, 6.07) is 12.8. The van der Waals surface area contributed by atoms with Gasteiger partial charge in [-0.1, -0.05) is 61.9 Å². The zero-order chi connectivity index (χ0) is 20.2. The van der Waals surface area contributed by atoms with E-state index in [1.54, 1.807) is 38.1 Å². The van der Waals surface area contributed by atoms with Crippen molar-refractivity contribution < 1.29 is 14.7 Å². The van der Waals surface area contributed by atoms with Crippen molar-refractivity contribution in [3.63, 3.8) is 0 Å². The molecule has 0 radical (unpaired) electrons. The molecule has 0 fully saturated rings. The molecule has 1 unspecified atom stereocenters. The average Bonchev–Trinajstić information content (AvgIpc) is 2.62. The lowest BCUT2D eigenvalue weighted by Gasteiger charge is -2.31. The summed E-state index contributed by atoms with van der Waals surface area (Å²) < 4.78 is 0. The summed E-state index contributed by atoms with van der Waals surface area (Å²) in [5.74, 6) is -1.28. The van der Waals surface area contributed by atoms with Gasteiger partial charge in [-0.3, -0.25) is 9.59 Å². The maximum absolute atomic E-state index is 12.7. The molecule has 5 nitrogen and oxygen atoms in total. The average molecular weight is 368 g/mol. The van der Waals surface area contributed by atoms with E-state index in [9.17, 15) is 14.7 Å². The molecule has 2 aromatic rings. The topological polar surface area (TPSA) is 78.4 Å². The summed E-state index contributed by atoms with van der Waals surface area (Å²) in [7, 11) is 0. The van der Waals surface area contributed by atoms with E-state index >= 15 is 0 Å². The van der Waals surface area contributed by atoms with Gasteiger partial charge in [0.05, 0.1) is 6.54 Å². The van der Waals surface area contributed by atoms with Crippen LogP contribution in [-0.2, 0) is 15.2 Å². The van der Waals surface area contributed by atoms with Gasteiger partial charge in [-0.25, -0.2) is 0 Å². The van der Waals surface area contributed by atoms with Crippen LogP contribution < -0.4 is 10.6 Å². The molecule has 2 aromatic carbocycles. The predicted molar refractivity (Wildman–Crippen MR) is 107 cm³/mol. The van der Waals surface area contributed by atoms with Gasteiger partial charge in [-0.15, -0.1) is 0 Å².